The zero-order chi connectivity index (χ0) is 20.7. The van der Waals surface area contributed by atoms with Crippen LogP contribution in [0.3, 0.4) is 0 Å². The van der Waals surface area contributed by atoms with Crippen molar-refractivity contribution in [3.8, 4) is 11.5 Å². The Balaban J connectivity index is 2.12. The third-order valence-electron chi connectivity index (χ3n) is 3.81. The molecule has 0 aliphatic carbocycles. The van der Waals surface area contributed by atoms with E-state index >= 15 is 0 Å². The van der Waals surface area contributed by atoms with Crippen LogP contribution in [-0.4, -0.2) is 38.0 Å². The van der Waals surface area contributed by atoms with E-state index in [0.717, 1.165) is 11.3 Å². The molecule has 28 heavy (non-hydrogen) atoms. The maximum Gasteiger partial charge on any atom is 0.341 e. The van der Waals surface area contributed by atoms with Crippen LogP contribution < -0.4 is 14.8 Å². The number of Topliss-reactive ketones (excluding diaryl/α,β-unsaturated/α-hetero) is 1. The Hall–Kier alpha value is -2.87. The quantitative estimate of drug-likeness (QED) is 0.505. The number of ketones is 1. The van der Waals surface area contributed by atoms with Gasteiger partial charge in [0.05, 0.1) is 24.8 Å². The summed E-state index contributed by atoms with van der Waals surface area (Å²) in [4.78, 5) is 37.1. The van der Waals surface area contributed by atoms with Crippen molar-refractivity contribution in [3.63, 3.8) is 0 Å². The van der Waals surface area contributed by atoms with Crippen molar-refractivity contribution in [2.24, 2.45) is 0 Å². The number of esters is 1. The molecule has 0 aliphatic rings. The van der Waals surface area contributed by atoms with Crippen LogP contribution in [0.5, 0.6) is 11.5 Å². The van der Waals surface area contributed by atoms with Gasteiger partial charge in [-0.05, 0) is 38.5 Å². The summed E-state index contributed by atoms with van der Waals surface area (Å²) in [5.41, 5.74) is 0.674. The van der Waals surface area contributed by atoms with Gasteiger partial charge in [-0.2, -0.15) is 0 Å². The second-order valence-electron chi connectivity index (χ2n) is 5.78. The Morgan fingerprint density at radius 2 is 1.86 bits per heavy atom. The summed E-state index contributed by atoms with van der Waals surface area (Å²) >= 11 is 1.32. The van der Waals surface area contributed by atoms with E-state index in [9.17, 15) is 14.4 Å². The molecule has 0 radical (unpaired) electrons. The summed E-state index contributed by atoms with van der Waals surface area (Å²) in [7, 11) is 1.50. The van der Waals surface area contributed by atoms with Crippen molar-refractivity contribution in [1.82, 2.24) is 0 Å². The number of benzene rings is 1. The first-order chi connectivity index (χ1) is 13.4. The predicted octanol–water partition coefficient (Wildman–Crippen LogP) is 3.72. The van der Waals surface area contributed by atoms with Crippen LogP contribution >= 0.6 is 11.3 Å². The minimum absolute atomic E-state index is 0.187. The summed E-state index contributed by atoms with van der Waals surface area (Å²) in [5, 5.41) is 3.11. The molecule has 1 N–H and O–H groups in total. The molecule has 7 nitrogen and oxygen atoms in total. The SMILES string of the molecule is CCOC(=O)c1cc(CC)sc1NC(=O)COc1cc(OC)ccc1C(C)=O. The molecule has 0 fully saturated rings. The molecule has 0 spiro atoms. The van der Waals surface area contributed by atoms with Gasteiger partial charge in [0.1, 0.15) is 16.5 Å². The number of carbonyl (C=O) groups excluding carboxylic acids is 3. The van der Waals surface area contributed by atoms with Crippen molar-refractivity contribution in [2.75, 3.05) is 25.6 Å². The Kier molecular flexibility index (Phi) is 7.57. The molecule has 0 bridgehead atoms. The van der Waals surface area contributed by atoms with Gasteiger partial charge in [-0.3, -0.25) is 9.59 Å². The Labute approximate surface area is 167 Å². The third kappa shape index (κ3) is 5.32. The number of ether oxygens (including phenoxy) is 3. The van der Waals surface area contributed by atoms with Crippen molar-refractivity contribution in [1.29, 1.82) is 0 Å². The van der Waals surface area contributed by atoms with Gasteiger partial charge in [0.15, 0.2) is 12.4 Å². The lowest BCUT2D eigenvalue weighted by Gasteiger charge is -2.11. The minimum atomic E-state index is -0.485. The number of hydrogen-bond acceptors (Lipinski definition) is 7. The molecule has 8 heteroatoms. The highest BCUT2D eigenvalue weighted by atomic mass is 32.1. The first kappa shape index (κ1) is 21.4. The molecule has 1 amide bonds. The summed E-state index contributed by atoms with van der Waals surface area (Å²) in [6, 6.07) is 6.50. The van der Waals surface area contributed by atoms with Crippen LogP contribution in [0.25, 0.3) is 0 Å². The highest BCUT2D eigenvalue weighted by Crippen LogP contribution is 2.30. The van der Waals surface area contributed by atoms with Gasteiger partial charge in [0.2, 0.25) is 0 Å². The molecule has 2 rings (SSSR count). The van der Waals surface area contributed by atoms with Gasteiger partial charge >= 0.3 is 5.97 Å². The third-order valence-corrected chi connectivity index (χ3v) is 5.00. The number of anilines is 1. The smallest absolute Gasteiger partial charge is 0.341 e. The van der Waals surface area contributed by atoms with E-state index in [4.69, 9.17) is 14.2 Å². The number of nitrogens with one attached hydrogen (secondary N) is 1. The van der Waals surface area contributed by atoms with Crippen LogP contribution in [0.4, 0.5) is 5.00 Å². The maximum atomic E-state index is 12.4. The molecule has 150 valence electrons. The maximum absolute atomic E-state index is 12.4. The molecule has 1 heterocycles. The fraction of sp³-hybridized carbons (Fsp3) is 0.350. The highest BCUT2D eigenvalue weighted by Gasteiger charge is 2.19. The molecule has 0 aliphatic heterocycles. The van der Waals surface area contributed by atoms with Gasteiger partial charge in [-0.15, -0.1) is 11.3 Å². The summed E-state index contributed by atoms with van der Waals surface area (Å²) < 4.78 is 15.7. The van der Waals surface area contributed by atoms with Crippen molar-refractivity contribution in [3.05, 3.63) is 40.3 Å². The molecule has 0 saturated heterocycles. The number of methoxy groups -OCH3 is 1. The first-order valence-electron chi connectivity index (χ1n) is 8.81. The molecule has 0 unspecified atom stereocenters. The molecule has 0 saturated carbocycles. The molecule has 1 aromatic heterocycles. The molecule has 1 aromatic carbocycles. The summed E-state index contributed by atoms with van der Waals surface area (Å²) in [6.07, 6.45) is 0.731. The lowest BCUT2D eigenvalue weighted by atomic mass is 10.1. The van der Waals surface area contributed by atoms with Crippen LogP contribution in [0, 0.1) is 0 Å². The molecule has 0 atom stereocenters. The summed E-state index contributed by atoms with van der Waals surface area (Å²) in [6.45, 7) is 5.02. The highest BCUT2D eigenvalue weighted by molar-refractivity contribution is 7.16. The monoisotopic (exact) mass is 405 g/mol. The minimum Gasteiger partial charge on any atom is -0.497 e. The van der Waals surface area contributed by atoms with E-state index in [2.05, 4.69) is 5.32 Å². The fourth-order valence-corrected chi connectivity index (χ4v) is 3.42. The van der Waals surface area contributed by atoms with Crippen molar-refractivity contribution < 1.29 is 28.6 Å². The van der Waals surface area contributed by atoms with E-state index in [1.807, 2.05) is 6.92 Å². The van der Waals surface area contributed by atoms with Crippen LogP contribution in [0.15, 0.2) is 24.3 Å². The van der Waals surface area contributed by atoms with Crippen molar-refractivity contribution in [2.45, 2.75) is 27.2 Å². The lowest BCUT2D eigenvalue weighted by Crippen LogP contribution is -2.21. The number of carbonyl (C=O) groups is 3. The average Bonchev–Trinajstić information content (AvgIpc) is 3.09. The van der Waals surface area contributed by atoms with Crippen LogP contribution in [0.2, 0.25) is 0 Å². The zero-order valence-electron chi connectivity index (χ0n) is 16.3. The van der Waals surface area contributed by atoms with E-state index < -0.39 is 11.9 Å². The lowest BCUT2D eigenvalue weighted by molar-refractivity contribution is -0.118. The molecule has 2 aromatic rings. The van der Waals surface area contributed by atoms with Crippen LogP contribution in [0.1, 0.15) is 46.4 Å². The normalized spacial score (nSPS) is 10.3. The Morgan fingerprint density at radius 1 is 1.11 bits per heavy atom. The van der Waals surface area contributed by atoms with E-state index in [0.29, 0.717) is 21.9 Å². The number of hydrogen-bond donors (Lipinski definition) is 1. The number of thiophene rings is 1. The molecular formula is C20H23NO6S. The summed E-state index contributed by atoms with van der Waals surface area (Å²) in [5.74, 6) is -0.355. The van der Waals surface area contributed by atoms with Crippen molar-refractivity contribution >= 4 is 34.0 Å². The van der Waals surface area contributed by atoms with Gasteiger partial charge in [-0.25, -0.2) is 4.79 Å². The Morgan fingerprint density at radius 3 is 2.46 bits per heavy atom. The Bertz CT molecular complexity index is 874. The number of amides is 1. The van der Waals surface area contributed by atoms with Gasteiger partial charge in [-0.1, -0.05) is 6.92 Å². The van der Waals surface area contributed by atoms with E-state index in [1.54, 1.807) is 31.2 Å². The second kappa shape index (κ2) is 9.89. The zero-order valence-corrected chi connectivity index (χ0v) is 17.1. The van der Waals surface area contributed by atoms with E-state index in [-0.39, 0.29) is 24.7 Å². The largest absolute Gasteiger partial charge is 0.497 e. The number of rotatable bonds is 9. The standard InChI is InChI=1S/C20H23NO6S/c1-5-14-10-16(20(24)26-6-2)19(28-14)21-18(23)11-27-17-9-13(25-4)7-8-15(17)12(3)22/h7-10H,5-6,11H2,1-4H3,(H,21,23). The van der Waals surface area contributed by atoms with Gasteiger partial charge in [0.25, 0.3) is 5.91 Å². The second-order valence-corrected chi connectivity index (χ2v) is 6.92. The number of aryl methyl sites for hydroxylation is 1. The average molecular weight is 405 g/mol. The fourth-order valence-electron chi connectivity index (χ4n) is 2.42. The van der Waals surface area contributed by atoms with E-state index in [1.165, 1.54) is 25.4 Å². The first-order valence-corrected chi connectivity index (χ1v) is 9.62. The van der Waals surface area contributed by atoms with Crippen LogP contribution in [-0.2, 0) is 16.0 Å². The molecular weight excluding hydrogens is 382 g/mol. The van der Waals surface area contributed by atoms with Gasteiger partial charge < -0.3 is 19.5 Å². The van der Waals surface area contributed by atoms with Gasteiger partial charge in [0, 0.05) is 10.9 Å². The topological polar surface area (TPSA) is 90.9 Å². The predicted molar refractivity (Wildman–Crippen MR) is 107 cm³/mol.